The van der Waals surface area contributed by atoms with E-state index in [1.54, 1.807) is 0 Å². The van der Waals surface area contributed by atoms with Crippen molar-refractivity contribution >= 4 is 39.5 Å². The van der Waals surface area contributed by atoms with E-state index in [9.17, 15) is 43.2 Å². The number of phosphoric acid groups is 2. The van der Waals surface area contributed by atoms with Gasteiger partial charge in [-0.2, -0.15) is 0 Å². The minimum absolute atomic E-state index is 0.0740. The number of allylic oxidation sites excluding steroid dienone is 18. The number of phosphoric ester groups is 2. The molecule has 0 saturated carbocycles. The Balaban J connectivity index is 5.33. The molecule has 0 fully saturated rings. The number of carbonyl (C=O) groups is 4. The normalized spacial score (nSPS) is 14.7. The maximum atomic E-state index is 13.0. The van der Waals surface area contributed by atoms with Gasteiger partial charge in [0.2, 0.25) is 0 Å². The Morgan fingerprint density at radius 3 is 0.883 bits per heavy atom. The Bertz CT molecular complexity index is 2220. The molecule has 94 heavy (non-hydrogen) atoms. The number of hydrogen-bond acceptors (Lipinski definition) is 15. The summed E-state index contributed by atoms with van der Waals surface area (Å²) < 4.78 is 68.2. The van der Waals surface area contributed by atoms with E-state index in [1.165, 1.54) is 25.7 Å². The van der Waals surface area contributed by atoms with Gasteiger partial charge in [-0.15, -0.1) is 0 Å². The van der Waals surface area contributed by atoms with Gasteiger partial charge in [0.1, 0.15) is 19.3 Å². The largest absolute Gasteiger partial charge is 0.472 e. The van der Waals surface area contributed by atoms with E-state index in [1.807, 2.05) is 0 Å². The monoisotopic (exact) mass is 1360 g/mol. The molecule has 0 aliphatic carbocycles. The molecule has 5 atom stereocenters. The van der Waals surface area contributed by atoms with E-state index in [2.05, 4.69) is 137 Å². The van der Waals surface area contributed by atoms with Crippen LogP contribution in [0.3, 0.4) is 0 Å². The summed E-state index contributed by atoms with van der Waals surface area (Å²) in [6.45, 7) is 4.47. The molecule has 0 bridgehead atoms. The lowest BCUT2D eigenvalue weighted by Crippen LogP contribution is -2.30. The van der Waals surface area contributed by atoms with Crippen molar-refractivity contribution in [2.75, 3.05) is 39.6 Å². The minimum atomic E-state index is -4.98. The molecule has 0 saturated heterocycles. The van der Waals surface area contributed by atoms with Crippen LogP contribution in [0.4, 0.5) is 0 Å². The van der Waals surface area contributed by atoms with Gasteiger partial charge < -0.3 is 33.8 Å². The zero-order valence-electron chi connectivity index (χ0n) is 58.6. The molecule has 540 valence electrons. The number of hydrogen-bond donors (Lipinski definition) is 3. The van der Waals surface area contributed by atoms with Crippen molar-refractivity contribution in [3.8, 4) is 0 Å². The Morgan fingerprint density at radius 2 is 0.553 bits per heavy atom. The van der Waals surface area contributed by atoms with E-state index in [-0.39, 0.29) is 25.7 Å². The van der Waals surface area contributed by atoms with Gasteiger partial charge in [-0.25, -0.2) is 9.13 Å². The Hall–Kier alpha value is -4.28. The summed E-state index contributed by atoms with van der Waals surface area (Å²) >= 11 is 0. The van der Waals surface area contributed by atoms with Crippen LogP contribution in [-0.4, -0.2) is 96.7 Å². The maximum Gasteiger partial charge on any atom is 0.472 e. The topological polar surface area (TPSA) is 237 Å². The zero-order chi connectivity index (χ0) is 69.0. The lowest BCUT2D eigenvalue weighted by molar-refractivity contribution is -0.161. The van der Waals surface area contributed by atoms with Crippen molar-refractivity contribution in [3.63, 3.8) is 0 Å². The van der Waals surface area contributed by atoms with Gasteiger partial charge in [0.05, 0.1) is 26.4 Å². The van der Waals surface area contributed by atoms with Crippen LogP contribution in [0.1, 0.15) is 285 Å². The highest BCUT2D eigenvalue weighted by Gasteiger charge is 2.30. The summed E-state index contributed by atoms with van der Waals surface area (Å²) in [5, 5.41) is 10.6. The third-order valence-electron chi connectivity index (χ3n) is 14.7. The van der Waals surface area contributed by atoms with E-state index in [0.29, 0.717) is 25.7 Å². The van der Waals surface area contributed by atoms with Gasteiger partial charge in [-0.1, -0.05) is 233 Å². The average molecular weight is 1360 g/mol. The number of unbranched alkanes of at least 4 members (excludes halogenated alkanes) is 23. The predicted octanol–water partition coefficient (Wildman–Crippen LogP) is 20.2. The molecular weight excluding hydrogens is 1230 g/mol. The first-order valence-corrected chi connectivity index (χ1v) is 39.1. The van der Waals surface area contributed by atoms with Crippen LogP contribution >= 0.6 is 15.6 Å². The second-order valence-corrected chi connectivity index (χ2v) is 26.7. The second kappa shape index (κ2) is 67.3. The number of rotatable bonds is 67. The predicted molar refractivity (Wildman–Crippen MR) is 381 cm³/mol. The van der Waals surface area contributed by atoms with Crippen molar-refractivity contribution in [1.29, 1.82) is 0 Å². The Morgan fingerprint density at radius 1 is 0.309 bits per heavy atom. The standard InChI is InChI=1S/C75H128O17P2/c1-5-9-13-17-21-25-29-31-33-34-36-38-42-44-48-52-56-60-73(78)86-66-71(92-75(80)62-58-54-50-46-40-28-24-20-16-12-8-4)68-90-94(83,84)88-64-69(76)63-87-93(81,82)89-67-70(91-74(79)61-57-53-49-45-39-27-23-19-15-11-7-3)65-85-72(77)59-55-51-47-43-41-37-35-32-30-26-22-18-14-10-6-2/h9-10,13-14,19-26,31-33,35,41,43,69-71,76H,5-8,11-12,15-18,27-30,34,36-40,42,44-68H2,1-4H3,(H,81,82)(H,83,84)/b13-9-,14-10-,23-19-,24-20-,25-21-,26-22-,33-31-,35-32-,43-41-. The molecule has 0 aromatic carbocycles. The van der Waals surface area contributed by atoms with Crippen molar-refractivity contribution in [1.82, 2.24) is 0 Å². The van der Waals surface area contributed by atoms with Gasteiger partial charge in [-0.05, 0) is 135 Å². The highest BCUT2D eigenvalue weighted by atomic mass is 31.2. The maximum absolute atomic E-state index is 13.0. The minimum Gasteiger partial charge on any atom is -0.462 e. The fourth-order valence-corrected chi connectivity index (χ4v) is 10.8. The molecule has 0 spiro atoms. The van der Waals surface area contributed by atoms with Crippen LogP contribution in [0.25, 0.3) is 0 Å². The highest BCUT2D eigenvalue weighted by molar-refractivity contribution is 7.47. The van der Waals surface area contributed by atoms with E-state index in [4.69, 9.17) is 37.0 Å². The molecule has 19 heteroatoms. The first kappa shape index (κ1) is 89.7. The van der Waals surface area contributed by atoms with Gasteiger partial charge in [0.25, 0.3) is 0 Å². The van der Waals surface area contributed by atoms with Crippen LogP contribution in [0, 0.1) is 0 Å². The van der Waals surface area contributed by atoms with Crippen LogP contribution in [-0.2, 0) is 65.4 Å². The number of carbonyl (C=O) groups excluding carboxylic acids is 4. The molecule has 0 aromatic rings. The lowest BCUT2D eigenvalue weighted by atomic mass is 10.1. The number of esters is 4. The fourth-order valence-electron chi connectivity index (χ4n) is 9.19. The zero-order valence-corrected chi connectivity index (χ0v) is 60.4. The summed E-state index contributed by atoms with van der Waals surface area (Å²) in [6, 6.07) is 0. The highest BCUT2D eigenvalue weighted by Crippen LogP contribution is 2.45. The average Bonchev–Trinajstić information content (AvgIpc) is 1.24. The van der Waals surface area contributed by atoms with Gasteiger partial charge in [0.15, 0.2) is 12.2 Å². The first-order chi connectivity index (χ1) is 45.7. The molecule has 0 heterocycles. The molecular formula is C75H128O17P2. The molecule has 0 aliphatic heterocycles. The van der Waals surface area contributed by atoms with E-state index < -0.39 is 97.5 Å². The molecule has 0 rings (SSSR count). The summed E-state index contributed by atoms with van der Waals surface area (Å²) in [5.41, 5.74) is 0. The third kappa shape index (κ3) is 66.3. The summed E-state index contributed by atoms with van der Waals surface area (Å²) in [7, 11) is -9.95. The molecule has 0 aliphatic rings. The van der Waals surface area contributed by atoms with Crippen LogP contribution in [0.2, 0.25) is 0 Å². The van der Waals surface area contributed by atoms with E-state index >= 15 is 0 Å². The molecule has 5 unspecified atom stereocenters. The lowest BCUT2D eigenvalue weighted by Gasteiger charge is -2.21. The molecule has 17 nitrogen and oxygen atoms in total. The van der Waals surface area contributed by atoms with Gasteiger partial charge in [-0.3, -0.25) is 37.3 Å². The number of aliphatic hydroxyl groups is 1. The second-order valence-electron chi connectivity index (χ2n) is 23.8. The number of aliphatic hydroxyl groups excluding tert-OH is 1. The smallest absolute Gasteiger partial charge is 0.462 e. The molecule has 0 radical (unpaired) electrons. The fraction of sp³-hybridized carbons (Fsp3) is 0.707. The van der Waals surface area contributed by atoms with Crippen molar-refractivity contribution in [2.24, 2.45) is 0 Å². The van der Waals surface area contributed by atoms with Crippen LogP contribution < -0.4 is 0 Å². The summed E-state index contributed by atoms with van der Waals surface area (Å²) in [5.74, 6) is -2.25. The molecule has 0 amide bonds. The SMILES string of the molecule is CC/C=C\C/C=C\C/C=C\C/C=C\CCCCC(=O)OCC(COP(=O)(O)OCC(O)COP(=O)(O)OCC(COC(=O)CCCCCCCCC/C=C\C/C=C\C/C=C\CC)OC(=O)CCCCCCC/C=C\CCCC)OC(=O)CCCCCCC/C=C\CCCC. The van der Waals surface area contributed by atoms with Gasteiger partial charge in [0, 0.05) is 25.7 Å². The molecule has 3 N–H and O–H groups in total. The Labute approximate surface area is 569 Å². The quantitative estimate of drug-likeness (QED) is 0.0169. The summed E-state index contributed by atoms with van der Waals surface area (Å²) in [6.07, 6.45) is 69.7. The van der Waals surface area contributed by atoms with E-state index in [0.717, 1.165) is 180 Å². The van der Waals surface area contributed by atoms with Crippen molar-refractivity contribution < 1.29 is 80.2 Å². The van der Waals surface area contributed by atoms with Crippen LogP contribution in [0.15, 0.2) is 109 Å². The Kier molecular flexibility index (Phi) is 64.2. The van der Waals surface area contributed by atoms with Crippen molar-refractivity contribution in [2.45, 2.75) is 303 Å². The van der Waals surface area contributed by atoms with Crippen molar-refractivity contribution in [3.05, 3.63) is 109 Å². The van der Waals surface area contributed by atoms with Crippen LogP contribution in [0.5, 0.6) is 0 Å². The number of ether oxygens (including phenoxy) is 4. The first-order valence-electron chi connectivity index (χ1n) is 36.1. The third-order valence-corrected chi connectivity index (χ3v) is 16.6. The molecule has 0 aromatic heterocycles. The summed E-state index contributed by atoms with van der Waals surface area (Å²) in [4.78, 5) is 72.6. The van der Waals surface area contributed by atoms with Gasteiger partial charge >= 0.3 is 39.5 Å².